The standard InChI is InChI=1S/C23H28N2O/c26-23-21-14-8-7-13-20(21)22(24-16-15-18-9-3-1-4-10-18)25(23)17-19-11-5-2-6-12-19/h1-6,9-12,20-22,24H,7-8,13-17H2/t20-,21-,22-/m1/s1. The minimum absolute atomic E-state index is 0.178. The van der Waals surface area contributed by atoms with Crippen LogP contribution >= 0.6 is 0 Å². The van der Waals surface area contributed by atoms with Gasteiger partial charge in [0.2, 0.25) is 5.91 Å². The Hall–Kier alpha value is -2.13. The van der Waals surface area contributed by atoms with Crippen molar-refractivity contribution in [2.45, 2.75) is 44.8 Å². The summed E-state index contributed by atoms with van der Waals surface area (Å²) in [7, 11) is 0. The van der Waals surface area contributed by atoms with Crippen LogP contribution in [0.3, 0.4) is 0 Å². The molecule has 0 spiro atoms. The summed E-state index contributed by atoms with van der Waals surface area (Å²) in [6.45, 7) is 1.63. The Bertz CT molecular complexity index is 716. The summed E-state index contributed by atoms with van der Waals surface area (Å²) in [6, 6.07) is 21.0. The van der Waals surface area contributed by atoms with Crippen molar-refractivity contribution in [2.75, 3.05) is 6.54 Å². The highest BCUT2D eigenvalue weighted by Crippen LogP contribution is 2.41. The van der Waals surface area contributed by atoms with Gasteiger partial charge in [0, 0.05) is 24.9 Å². The predicted molar refractivity (Wildman–Crippen MR) is 104 cm³/mol. The molecule has 1 saturated carbocycles. The second kappa shape index (κ2) is 8.05. The van der Waals surface area contributed by atoms with Gasteiger partial charge in [0.05, 0.1) is 6.17 Å². The van der Waals surface area contributed by atoms with Crippen molar-refractivity contribution >= 4 is 5.91 Å². The number of rotatable bonds is 6. The van der Waals surface area contributed by atoms with E-state index in [4.69, 9.17) is 0 Å². The number of amides is 1. The molecule has 2 aromatic rings. The van der Waals surface area contributed by atoms with E-state index < -0.39 is 0 Å². The highest BCUT2D eigenvalue weighted by atomic mass is 16.2. The lowest BCUT2D eigenvalue weighted by molar-refractivity contribution is -0.133. The maximum atomic E-state index is 13.1. The molecule has 3 atom stereocenters. The number of carbonyl (C=O) groups excluding carboxylic acids is 1. The molecule has 2 fully saturated rings. The molecular weight excluding hydrogens is 320 g/mol. The number of hydrogen-bond acceptors (Lipinski definition) is 2. The van der Waals surface area contributed by atoms with Gasteiger partial charge in [-0.1, -0.05) is 73.5 Å². The van der Waals surface area contributed by atoms with Crippen LogP contribution in [-0.2, 0) is 17.8 Å². The van der Waals surface area contributed by atoms with Crippen LogP contribution in [0.2, 0.25) is 0 Å². The molecule has 0 radical (unpaired) electrons. The quantitative estimate of drug-likeness (QED) is 0.856. The molecule has 1 N–H and O–H groups in total. The van der Waals surface area contributed by atoms with Gasteiger partial charge in [-0.05, 0) is 30.4 Å². The minimum Gasteiger partial charge on any atom is -0.322 e. The third-order valence-corrected chi connectivity index (χ3v) is 5.97. The zero-order valence-corrected chi connectivity index (χ0v) is 15.3. The van der Waals surface area contributed by atoms with Gasteiger partial charge in [-0.3, -0.25) is 10.1 Å². The van der Waals surface area contributed by atoms with Gasteiger partial charge in [-0.25, -0.2) is 0 Å². The van der Waals surface area contributed by atoms with Crippen LogP contribution in [0.25, 0.3) is 0 Å². The summed E-state index contributed by atoms with van der Waals surface area (Å²) in [5.41, 5.74) is 2.56. The van der Waals surface area contributed by atoms with Crippen LogP contribution in [0, 0.1) is 11.8 Å². The number of fused-ring (bicyclic) bond motifs is 1. The number of carbonyl (C=O) groups is 1. The largest absolute Gasteiger partial charge is 0.322 e. The molecule has 2 aromatic carbocycles. The van der Waals surface area contributed by atoms with Gasteiger partial charge >= 0.3 is 0 Å². The van der Waals surface area contributed by atoms with Crippen LogP contribution in [0.5, 0.6) is 0 Å². The number of nitrogens with one attached hydrogen (secondary N) is 1. The van der Waals surface area contributed by atoms with Gasteiger partial charge < -0.3 is 4.90 Å². The maximum absolute atomic E-state index is 13.1. The molecule has 1 amide bonds. The van der Waals surface area contributed by atoms with E-state index in [1.165, 1.54) is 30.4 Å². The fourth-order valence-corrected chi connectivity index (χ4v) is 4.65. The van der Waals surface area contributed by atoms with Crippen molar-refractivity contribution in [1.82, 2.24) is 10.2 Å². The van der Waals surface area contributed by atoms with E-state index >= 15 is 0 Å². The Kier molecular flexibility index (Phi) is 5.35. The van der Waals surface area contributed by atoms with Gasteiger partial charge in [0.15, 0.2) is 0 Å². The molecule has 2 aliphatic rings. The molecule has 3 nitrogen and oxygen atoms in total. The zero-order valence-electron chi connectivity index (χ0n) is 15.3. The molecule has 4 rings (SSSR count). The van der Waals surface area contributed by atoms with Crippen molar-refractivity contribution in [2.24, 2.45) is 11.8 Å². The summed E-state index contributed by atoms with van der Waals surface area (Å²) in [6.07, 6.45) is 5.86. The fourth-order valence-electron chi connectivity index (χ4n) is 4.65. The van der Waals surface area contributed by atoms with Crippen LogP contribution in [0.4, 0.5) is 0 Å². The lowest BCUT2D eigenvalue weighted by Crippen LogP contribution is -2.46. The van der Waals surface area contributed by atoms with E-state index in [2.05, 4.69) is 64.8 Å². The molecule has 1 heterocycles. The van der Waals surface area contributed by atoms with Crippen LogP contribution < -0.4 is 5.32 Å². The number of benzene rings is 2. The number of nitrogens with zero attached hydrogens (tertiary/aromatic N) is 1. The van der Waals surface area contributed by atoms with E-state index in [-0.39, 0.29) is 12.1 Å². The van der Waals surface area contributed by atoms with Crippen LogP contribution in [0.1, 0.15) is 36.8 Å². The first-order chi connectivity index (χ1) is 12.8. The maximum Gasteiger partial charge on any atom is 0.227 e. The van der Waals surface area contributed by atoms with E-state index in [9.17, 15) is 4.79 Å². The first-order valence-corrected chi connectivity index (χ1v) is 9.94. The summed E-state index contributed by atoms with van der Waals surface area (Å²) in [5.74, 6) is 1.05. The first kappa shape index (κ1) is 17.3. The van der Waals surface area contributed by atoms with E-state index in [0.29, 0.717) is 11.8 Å². The number of hydrogen-bond donors (Lipinski definition) is 1. The average Bonchev–Trinajstić information content (AvgIpc) is 2.96. The average molecular weight is 348 g/mol. The van der Waals surface area contributed by atoms with Gasteiger partial charge in [-0.15, -0.1) is 0 Å². The Morgan fingerprint density at radius 3 is 2.27 bits per heavy atom. The van der Waals surface area contributed by atoms with Crippen molar-refractivity contribution in [3.05, 3.63) is 71.8 Å². The third kappa shape index (κ3) is 3.68. The molecule has 0 bridgehead atoms. The summed E-state index contributed by atoms with van der Waals surface area (Å²) in [5, 5.41) is 3.74. The Labute approximate surface area is 156 Å². The fraction of sp³-hybridized carbons (Fsp3) is 0.435. The second-order valence-corrected chi connectivity index (χ2v) is 7.64. The molecule has 0 unspecified atom stereocenters. The number of likely N-dealkylation sites (tertiary alicyclic amines) is 1. The minimum atomic E-state index is 0.178. The highest BCUT2D eigenvalue weighted by Gasteiger charge is 2.48. The molecule has 26 heavy (non-hydrogen) atoms. The van der Waals surface area contributed by atoms with Crippen molar-refractivity contribution < 1.29 is 4.79 Å². The molecule has 136 valence electrons. The van der Waals surface area contributed by atoms with Crippen LogP contribution in [0.15, 0.2) is 60.7 Å². The highest BCUT2D eigenvalue weighted by molar-refractivity contribution is 5.82. The van der Waals surface area contributed by atoms with Gasteiger partial charge in [-0.2, -0.15) is 0 Å². The zero-order chi connectivity index (χ0) is 17.8. The summed E-state index contributed by atoms with van der Waals surface area (Å²) in [4.78, 5) is 15.2. The lowest BCUT2D eigenvalue weighted by atomic mass is 9.80. The summed E-state index contributed by atoms with van der Waals surface area (Å²) < 4.78 is 0. The van der Waals surface area contributed by atoms with Gasteiger partial charge in [0.25, 0.3) is 0 Å². The molecule has 1 saturated heterocycles. The van der Waals surface area contributed by atoms with Crippen molar-refractivity contribution in [1.29, 1.82) is 0 Å². The molecular formula is C23H28N2O. The predicted octanol–water partition coefficient (Wildman–Crippen LogP) is 3.99. The Balaban J connectivity index is 1.47. The second-order valence-electron chi connectivity index (χ2n) is 7.64. The van der Waals surface area contributed by atoms with E-state index in [1.54, 1.807) is 0 Å². The third-order valence-electron chi connectivity index (χ3n) is 5.97. The van der Waals surface area contributed by atoms with E-state index in [0.717, 1.165) is 25.9 Å². The lowest BCUT2D eigenvalue weighted by Gasteiger charge is -2.31. The molecule has 3 heteroatoms. The first-order valence-electron chi connectivity index (χ1n) is 9.94. The van der Waals surface area contributed by atoms with Crippen molar-refractivity contribution in [3.8, 4) is 0 Å². The van der Waals surface area contributed by atoms with E-state index in [1.807, 2.05) is 6.07 Å². The van der Waals surface area contributed by atoms with Gasteiger partial charge in [0.1, 0.15) is 0 Å². The Morgan fingerprint density at radius 1 is 0.885 bits per heavy atom. The normalized spacial score (nSPS) is 25.3. The molecule has 1 aliphatic heterocycles. The SMILES string of the molecule is O=C1[C@@H]2CCCC[C@H]2[C@H](NCCc2ccccc2)N1Cc1ccccc1. The summed E-state index contributed by atoms with van der Waals surface area (Å²) >= 11 is 0. The van der Waals surface area contributed by atoms with Crippen molar-refractivity contribution in [3.63, 3.8) is 0 Å². The topological polar surface area (TPSA) is 32.3 Å². The van der Waals surface area contributed by atoms with Crippen LogP contribution in [-0.4, -0.2) is 23.5 Å². The monoisotopic (exact) mass is 348 g/mol. The molecule has 0 aromatic heterocycles. The molecule has 1 aliphatic carbocycles. The smallest absolute Gasteiger partial charge is 0.227 e. The Morgan fingerprint density at radius 2 is 1.54 bits per heavy atom.